The number of para-hydroxylation sites is 1. The molecule has 0 bridgehead atoms. The fourth-order valence-corrected chi connectivity index (χ4v) is 5.43. The Labute approximate surface area is 225 Å². The summed E-state index contributed by atoms with van der Waals surface area (Å²) in [5.41, 5.74) is 3.55. The Kier molecular flexibility index (Phi) is 9.52. The van der Waals surface area contributed by atoms with Gasteiger partial charge in [-0.1, -0.05) is 60.7 Å². The summed E-state index contributed by atoms with van der Waals surface area (Å²) in [5.74, 6) is -0.226. The second-order valence-corrected chi connectivity index (χ2v) is 11.1. The molecular formula is C29H35N3O5S. The van der Waals surface area contributed by atoms with E-state index in [-0.39, 0.29) is 18.9 Å². The maximum atomic E-state index is 14.0. The highest BCUT2D eigenvalue weighted by molar-refractivity contribution is 7.92. The van der Waals surface area contributed by atoms with Crippen LogP contribution in [0, 0.1) is 13.8 Å². The van der Waals surface area contributed by atoms with Crippen LogP contribution in [0.25, 0.3) is 0 Å². The number of ether oxygens (including phenoxy) is 1. The van der Waals surface area contributed by atoms with Crippen molar-refractivity contribution in [1.82, 2.24) is 10.2 Å². The van der Waals surface area contributed by atoms with Gasteiger partial charge in [0.15, 0.2) is 0 Å². The van der Waals surface area contributed by atoms with E-state index in [9.17, 15) is 18.0 Å². The molecule has 0 aromatic heterocycles. The average molecular weight is 538 g/mol. The zero-order chi connectivity index (χ0) is 27.9. The normalized spacial score (nSPS) is 11.9. The minimum Gasteiger partial charge on any atom is -0.497 e. The van der Waals surface area contributed by atoms with Crippen LogP contribution in [-0.2, 0) is 32.6 Å². The number of anilines is 1. The first kappa shape index (κ1) is 28.7. The number of hydrogen-bond donors (Lipinski definition) is 1. The summed E-state index contributed by atoms with van der Waals surface area (Å²) in [6.45, 7) is 3.26. The molecule has 202 valence electrons. The minimum atomic E-state index is -3.82. The molecule has 0 aliphatic rings. The summed E-state index contributed by atoms with van der Waals surface area (Å²) < 4.78 is 32.4. The molecule has 0 heterocycles. The Hall–Kier alpha value is -3.85. The third-order valence-corrected chi connectivity index (χ3v) is 7.48. The number of benzene rings is 3. The molecule has 2 amide bonds. The van der Waals surface area contributed by atoms with E-state index >= 15 is 0 Å². The fraction of sp³-hybridized carbons (Fsp3) is 0.310. The lowest BCUT2D eigenvalue weighted by atomic mass is 10.0. The van der Waals surface area contributed by atoms with Gasteiger partial charge in [-0.2, -0.15) is 0 Å². The number of hydrogen-bond acceptors (Lipinski definition) is 5. The smallest absolute Gasteiger partial charge is 0.244 e. The van der Waals surface area contributed by atoms with Gasteiger partial charge in [0.2, 0.25) is 21.8 Å². The third-order valence-electron chi connectivity index (χ3n) is 6.37. The summed E-state index contributed by atoms with van der Waals surface area (Å²) in [4.78, 5) is 28.6. The van der Waals surface area contributed by atoms with Crippen molar-refractivity contribution in [2.75, 3.05) is 31.3 Å². The molecule has 3 rings (SSSR count). The predicted octanol–water partition coefficient (Wildman–Crippen LogP) is 3.46. The van der Waals surface area contributed by atoms with Gasteiger partial charge >= 0.3 is 0 Å². The summed E-state index contributed by atoms with van der Waals surface area (Å²) in [6.07, 6.45) is 1.34. The summed E-state index contributed by atoms with van der Waals surface area (Å²) >= 11 is 0. The molecule has 1 N–H and O–H groups in total. The minimum absolute atomic E-state index is 0.0886. The van der Waals surface area contributed by atoms with Crippen molar-refractivity contribution in [2.45, 2.75) is 32.9 Å². The van der Waals surface area contributed by atoms with E-state index in [1.807, 2.05) is 74.5 Å². The van der Waals surface area contributed by atoms with Crippen LogP contribution in [0.3, 0.4) is 0 Å². The van der Waals surface area contributed by atoms with Gasteiger partial charge in [-0.05, 0) is 48.2 Å². The Morgan fingerprint density at radius 3 is 2.11 bits per heavy atom. The molecule has 9 heteroatoms. The van der Waals surface area contributed by atoms with Crippen molar-refractivity contribution in [3.8, 4) is 5.75 Å². The highest BCUT2D eigenvalue weighted by atomic mass is 32.2. The van der Waals surface area contributed by atoms with Crippen molar-refractivity contribution in [3.63, 3.8) is 0 Å². The highest BCUT2D eigenvalue weighted by Gasteiger charge is 2.33. The second kappa shape index (κ2) is 12.6. The molecule has 3 aromatic carbocycles. The van der Waals surface area contributed by atoms with Crippen LogP contribution in [0.5, 0.6) is 5.75 Å². The Morgan fingerprint density at radius 2 is 1.53 bits per heavy atom. The number of likely N-dealkylation sites (N-methyl/N-ethyl adjacent to an activating group) is 1. The van der Waals surface area contributed by atoms with Crippen LogP contribution >= 0.6 is 0 Å². The monoisotopic (exact) mass is 537 g/mol. The van der Waals surface area contributed by atoms with Gasteiger partial charge in [0.25, 0.3) is 0 Å². The van der Waals surface area contributed by atoms with Gasteiger partial charge in [0.1, 0.15) is 18.3 Å². The van der Waals surface area contributed by atoms with E-state index in [1.54, 1.807) is 19.2 Å². The lowest BCUT2D eigenvalue weighted by Gasteiger charge is -2.34. The molecule has 8 nitrogen and oxygen atoms in total. The van der Waals surface area contributed by atoms with Crippen LogP contribution in [0.2, 0.25) is 0 Å². The SMILES string of the molecule is CNC(=O)C(Cc1ccccc1)N(Cc1cccc(OC)c1)C(=O)CN(c1c(C)cccc1C)S(C)(=O)=O. The van der Waals surface area contributed by atoms with Crippen molar-refractivity contribution in [1.29, 1.82) is 0 Å². The fourth-order valence-electron chi connectivity index (χ4n) is 4.46. The molecule has 38 heavy (non-hydrogen) atoms. The number of amides is 2. The topological polar surface area (TPSA) is 96.0 Å². The van der Waals surface area contributed by atoms with Gasteiger partial charge in [-0.25, -0.2) is 8.42 Å². The predicted molar refractivity (Wildman–Crippen MR) is 150 cm³/mol. The van der Waals surface area contributed by atoms with E-state index in [4.69, 9.17) is 4.74 Å². The Bertz CT molecular complexity index is 1360. The first-order valence-electron chi connectivity index (χ1n) is 12.3. The average Bonchev–Trinajstić information content (AvgIpc) is 2.89. The van der Waals surface area contributed by atoms with E-state index in [0.29, 0.717) is 11.4 Å². The van der Waals surface area contributed by atoms with Gasteiger partial charge in [0.05, 0.1) is 19.1 Å². The molecular weight excluding hydrogens is 502 g/mol. The zero-order valence-corrected chi connectivity index (χ0v) is 23.3. The molecule has 0 fully saturated rings. The van der Waals surface area contributed by atoms with Crippen LogP contribution < -0.4 is 14.4 Å². The lowest BCUT2D eigenvalue weighted by Crippen LogP contribution is -2.53. The van der Waals surface area contributed by atoms with E-state index in [2.05, 4.69) is 5.32 Å². The molecule has 0 aliphatic heterocycles. The molecule has 1 unspecified atom stereocenters. The number of sulfonamides is 1. The van der Waals surface area contributed by atoms with Gasteiger partial charge in [0, 0.05) is 20.0 Å². The van der Waals surface area contributed by atoms with Crippen molar-refractivity contribution in [2.24, 2.45) is 0 Å². The molecule has 3 aromatic rings. The van der Waals surface area contributed by atoms with Gasteiger partial charge < -0.3 is 15.0 Å². The van der Waals surface area contributed by atoms with Gasteiger partial charge in [-0.15, -0.1) is 0 Å². The number of nitrogens with one attached hydrogen (secondary N) is 1. The standard InChI is InChI=1S/C29H35N3O5S/c1-21-11-9-12-22(2)28(21)32(38(5,35)36)20-27(33)31(19-24-15-10-16-25(17-24)37-4)26(29(34)30-3)18-23-13-7-6-8-14-23/h6-17,26H,18-20H2,1-5H3,(H,30,34). The lowest BCUT2D eigenvalue weighted by molar-refractivity contribution is -0.139. The van der Waals surface area contributed by atoms with Crippen LogP contribution in [-0.4, -0.2) is 58.1 Å². The van der Waals surface area contributed by atoms with Crippen molar-refractivity contribution in [3.05, 3.63) is 95.1 Å². The number of carbonyl (C=O) groups excluding carboxylic acids is 2. The van der Waals surface area contributed by atoms with Crippen LogP contribution in [0.4, 0.5) is 5.69 Å². The quantitative estimate of drug-likeness (QED) is 0.404. The van der Waals surface area contributed by atoms with E-state index < -0.39 is 28.5 Å². The van der Waals surface area contributed by atoms with Crippen LogP contribution in [0.1, 0.15) is 22.3 Å². The molecule has 0 saturated carbocycles. The summed E-state index contributed by atoms with van der Waals surface area (Å²) in [7, 11) is -0.743. The van der Waals surface area contributed by atoms with E-state index in [1.165, 1.54) is 11.9 Å². The largest absolute Gasteiger partial charge is 0.497 e. The maximum Gasteiger partial charge on any atom is 0.244 e. The summed E-state index contributed by atoms with van der Waals surface area (Å²) in [5, 5.41) is 2.67. The van der Waals surface area contributed by atoms with E-state index in [0.717, 1.165) is 32.8 Å². The maximum absolute atomic E-state index is 14.0. The van der Waals surface area contributed by atoms with Crippen LogP contribution in [0.15, 0.2) is 72.8 Å². The molecule has 1 atom stereocenters. The third kappa shape index (κ3) is 7.13. The molecule has 0 aliphatic carbocycles. The number of aryl methyl sites for hydroxylation is 2. The van der Waals surface area contributed by atoms with Crippen molar-refractivity contribution >= 4 is 27.5 Å². The first-order valence-corrected chi connectivity index (χ1v) is 14.1. The highest BCUT2D eigenvalue weighted by Crippen LogP contribution is 2.27. The molecule has 0 saturated heterocycles. The van der Waals surface area contributed by atoms with Gasteiger partial charge in [-0.3, -0.25) is 13.9 Å². The Morgan fingerprint density at radius 1 is 0.921 bits per heavy atom. The first-order chi connectivity index (χ1) is 18.0. The molecule has 0 spiro atoms. The number of carbonyl (C=O) groups is 2. The number of nitrogens with zero attached hydrogens (tertiary/aromatic N) is 2. The zero-order valence-electron chi connectivity index (χ0n) is 22.5. The Balaban J connectivity index is 2.07. The second-order valence-electron chi connectivity index (χ2n) is 9.20. The number of methoxy groups -OCH3 is 1. The molecule has 0 radical (unpaired) electrons. The number of rotatable bonds is 11. The van der Waals surface area contributed by atoms with Crippen molar-refractivity contribution < 1.29 is 22.7 Å². The summed E-state index contributed by atoms with van der Waals surface area (Å²) in [6, 6.07) is 21.2.